The van der Waals surface area contributed by atoms with Crippen LogP contribution < -0.4 is 5.73 Å². The molecule has 5 saturated carbocycles. The van der Waals surface area contributed by atoms with Gasteiger partial charge >= 0.3 is 5.97 Å². The molecule has 0 radical (unpaired) electrons. The van der Waals surface area contributed by atoms with Gasteiger partial charge < -0.3 is 39.6 Å². The van der Waals surface area contributed by atoms with Crippen molar-refractivity contribution < 1.29 is 38.7 Å². The summed E-state index contributed by atoms with van der Waals surface area (Å²) in [5, 5.41) is 26.3. The SMILES string of the molecule is CCN1C[C@]2(COC(=O)c3ccccc3N)CC[C@H](OC)[C@]34C1[C@@](O)([C@@H](OC)[C@H]23)[C@@]1(O)C[C@H](OC)[C@@H]2C[C@@H]4[C@@H]1[C@H]2OC. The van der Waals surface area contributed by atoms with E-state index in [0.29, 0.717) is 30.8 Å². The van der Waals surface area contributed by atoms with Crippen LogP contribution in [0.1, 0.15) is 43.0 Å². The van der Waals surface area contributed by atoms with E-state index in [4.69, 9.17) is 29.4 Å². The molecule has 13 atom stereocenters. The van der Waals surface area contributed by atoms with E-state index in [0.717, 1.165) is 19.3 Å². The van der Waals surface area contributed by atoms with Gasteiger partial charge in [0, 0.05) is 75.7 Å². The molecule has 0 amide bonds. The number of aliphatic hydroxyl groups is 2. The number of nitrogens with zero attached hydrogens (tertiary/aromatic N) is 1. The van der Waals surface area contributed by atoms with Gasteiger partial charge in [0.2, 0.25) is 0 Å². The highest BCUT2D eigenvalue weighted by Crippen LogP contribution is 2.80. The van der Waals surface area contributed by atoms with E-state index in [1.807, 2.05) is 0 Å². The number of hydrogen-bond acceptors (Lipinski definition) is 10. The molecule has 1 saturated heterocycles. The molecule has 6 aliphatic rings. The van der Waals surface area contributed by atoms with Gasteiger partial charge in [-0.25, -0.2) is 4.79 Å². The summed E-state index contributed by atoms with van der Waals surface area (Å²) in [4.78, 5) is 15.7. The first-order valence-electron chi connectivity index (χ1n) is 15.5. The van der Waals surface area contributed by atoms with Crippen molar-refractivity contribution in [3.05, 3.63) is 29.8 Å². The topological polar surface area (TPSA) is 133 Å². The number of fused-ring (bicyclic) bond motifs is 2. The number of piperidine rings is 1. The second-order valence-electron chi connectivity index (χ2n) is 13.8. The fourth-order valence-corrected chi connectivity index (χ4v) is 12.0. The van der Waals surface area contributed by atoms with Gasteiger partial charge in [0.1, 0.15) is 11.2 Å². The van der Waals surface area contributed by atoms with Crippen molar-refractivity contribution in [1.29, 1.82) is 0 Å². The number of nitrogen functional groups attached to an aromatic ring is 1. The number of rotatable bonds is 8. The Labute approximate surface area is 247 Å². The average molecular weight is 587 g/mol. The fourth-order valence-electron chi connectivity index (χ4n) is 12.0. The summed E-state index contributed by atoms with van der Waals surface area (Å²) in [5.74, 6) is -0.892. The Hall–Kier alpha value is -1.79. The molecule has 7 rings (SSSR count). The highest BCUT2D eigenvalue weighted by Gasteiger charge is 2.91. The molecule has 1 aromatic carbocycles. The smallest absolute Gasteiger partial charge is 0.340 e. The van der Waals surface area contributed by atoms with Crippen molar-refractivity contribution >= 4 is 11.7 Å². The van der Waals surface area contributed by atoms with Crippen LogP contribution in [0.15, 0.2) is 24.3 Å². The lowest BCUT2D eigenvalue weighted by atomic mass is 9.42. The molecule has 232 valence electrons. The molecule has 42 heavy (non-hydrogen) atoms. The number of carbonyl (C=O) groups is 1. The van der Waals surface area contributed by atoms with Crippen LogP contribution in [-0.4, -0.2) is 111 Å². The van der Waals surface area contributed by atoms with Gasteiger partial charge in [-0.05, 0) is 43.9 Å². The molecule has 7 bridgehead atoms. The molecule has 1 aromatic rings. The maximum absolute atomic E-state index is 13.4. The number of nitrogens with two attached hydrogens (primary N) is 1. The van der Waals surface area contributed by atoms with E-state index in [1.54, 1.807) is 52.7 Å². The number of para-hydroxylation sites is 1. The van der Waals surface area contributed by atoms with Gasteiger partial charge in [0.15, 0.2) is 0 Å². The summed E-state index contributed by atoms with van der Waals surface area (Å²) in [5.41, 5.74) is 2.65. The molecule has 4 N–H and O–H groups in total. The number of anilines is 1. The van der Waals surface area contributed by atoms with E-state index >= 15 is 0 Å². The number of benzene rings is 1. The summed E-state index contributed by atoms with van der Waals surface area (Å²) < 4.78 is 31.1. The monoisotopic (exact) mass is 586 g/mol. The third-order valence-electron chi connectivity index (χ3n) is 13.0. The summed E-state index contributed by atoms with van der Waals surface area (Å²) in [6, 6.07) is 6.55. The number of likely N-dealkylation sites (tertiary alicyclic amines) is 1. The Morgan fingerprint density at radius 2 is 1.86 bits per heavy atom. The second-order valence-corrected chi connectivity index (χ2v) is 13.8. The minimum atomic E-state index is -1.62. The highest BCUT2D eigenvalue weighted by molar-refractivity contribution is 5.95. The minimum Gasteiger partial charge on any atom is -0.461 e. The van der Waals surface area contributed by atoms with Crippen molar-refractivity contribution in [2.24, 2.45) is 34.5 Å². The molecule has 10 heteroatoms. The molecule has 1 unspecified atom stereocenters. The number of likely N-dealkylation sites (N-methyl/N-ethyl adjacent to an activating group) is 1. The summed E-state index contributed by atoms with van der Waals surface area (Å²) >= 11 is 0. The quantitative estimate of drug-likeness (QED) is 0.306. The third-order valence-corrected chi connectivity index (χ3v) is 13.0. The Morgan fingerprint density at radius 3 is 2.50 bits per heavy atom. The van der Waals surface area contributed by atoms with Crippen LogP contribution >= 0.6 is 0 Å². The minimum absolute atomic E-state index is 0.00697. The van der Waals surface area contributed by atoms with Crippen molar-refractivity contribution in [2.45, 2.75) is 74.3 Å². The maximum atomic E-state index is 13.4. The van der Waals surface area contributed by atoms with Gasteiger partial charge in [-0.1, -0.05) is 19.1 Å². The van der Waals surface area contributed by atoms with E-state index in [1.165, 1.54) is 0 Å². The predicted octanol–water partition coefficient (Wildman–Crippen LogP) is 1.72. The van der Waals surface area contributed by atoms with Crippen molar-refractivity contribution in [1.82, 2.24) is 4.90 Å². The molecule has 0 aromatic heterocycles. The molecule has 6 fully saturated rings. The lowest BCUT2D eigenvalue weighted by Crippen LogP contribution is -2.82. The summed E-state index contributed by atoms with van der Waals surface area (Å²) in [6.45, 7) is 3.54. The van der Waals surface area contributed by atoms with E-state index in [-0.39, 0.29) is 48.6 Å². The zero-order chi connectivity index (χ0) is 29.8. The number of carbonyl (C=O) groups excluding carboxylic acids is 1. The normalized spacial score (nSPS) is 50.1. The predicted molar refractivity (Wildman–Crippen MR) is 153 cm³/mol. The molecule has 1 spiro atoms. The van der Waals surface area contributed by atoms with Gasteiger partial charge in [-0.15, -0.1) is 0 Å². The number of ether oxygens (including phenoxy) is 5. The Morgan fingerprint density at radius 1 is 1.10 bits per heavy atom. The first-order valence-corrected chi connectivity index (χ1v) is 15.5. The van der Waals surface area contributed by atoms with Crippen molar-refractivity contribution in [2.75, 3.05) is 53.9 Å². The lowest BCUT2D eigenvalue weighted by Gasteiger charge is -2.70. The highest BCUT2D eigenvalue weighted by atomic mass is 16.5. The maximum Gasteiger partial charge on any atom is 0.340 e. The van der Waals surface area contributed by atoms with Crippen LogP contribution in [0.5, 0.6) is 0 Å². The van der Waals surface area contributed by atoms with Crippen LogP contribution in [0.3, 0.4) is 0 Å². The van der Waals surface area contributed by atoms with Gasteiger partial charge in [-0.2, -0.15) is 0 Å². The molecule has 1 heterocycles. The Balaban J connectivity index is 1.41. The summed E-state index contributed by atoms with van der Waals surface area (Å²) in [6.07, 6.45) is 1.22. The van der Waals surface area contributed by atoms with Crippen molar-refractivity contribution in [3.8, 4) is 0 Å². The van der Waals surface area contributed by atoms with Crippen LogP contribution in [0.4, 0.5) is 5.69 Å². The Bertz CT molecular complexity index is 1250. The summed E-state index contributed by atoms with van der Waals surface area (Å²) in [7, 11) is 6.80. The van der Waals surface area contributed by atoms with Gasteiger partial charge in [0.05, 0.1) is 42.6 Å². The van der Waals surface area contributed by atoms with Crippen LogP contribution in [-0.2, 0) is 23.7 Å². The van der Waals surface area contributed by atoms with Crippen LogP contribution in [0.2, 0.25) is 0 Å². The largest absolute Gasteiger partial charge is 0.461 e. The number of methoxy groups -OCH3 is 4. The van der Waals surface area contributed by atoms with Gasteiger partial charge in [-0.3, -0.25) is 4.90 Å². The fraction of sp³-hybridized carbons (Fsp3) is 0.781. The Kier molecular flexibility index (Phi) is 6.62. The average Bonchev–Trinajstić information content (AvgIpc) is 3.41. The first kappa shape index (κ1) is 29.0. The second kappa shape index (κ2) is 9.60. The zero-order valence-corrected chi connectivity index (χ0v) is 25.3. The van der Waals surface area contributed by atoms with Crippen molar-refractivity contribution in [3.63, 3.8) is 0 Å². The third kappa shape index (κ3) is 3.12. The van der Waals surface area contributed by atoms with Crippen LogP contribution in [0, 0.1) is 34.5 Å². The lowest BCUT2D eigenvalue weighted by molar-refractivity contribution is -0.320. The van der Waals surface area contributed by atoms with E-state index in [2.05, 4.69) is 11.8 Å². The number of hydrogen-bond donors (Lipinski definition) is 3. The van der Waals surface area contributed by atoms with Gasteiger partial charge in [0.25, 0.3) is 0 Å². The van der Waals surface area contributed by atoms with E-state index < -0.39 is 40.1 Å². The zero-order valence-electron chi connectivity index (χ0n) is 25.3. The van der Waals surface area contributed by atoms with Crippen LogP contribution in [0.25, 0.3) is 0 Å². The molecule has 5 aliphatic carbocycles. The van der Waals surface area contributed by atoms with E-state index in [9.17, 15) is 15.0 Å². The first-order chi connectivity index (χ1) is 20.1. The standard InChI is InChI=1S/C32H46N2O8/c1-6-34-15-29(16-42-27(35)17-9-7-8-10-20(17)33)12-11-22(39-3)31-19-13-18-21(38-2)14-30(36,23(19)24(18)40-4)32(37,28(31)34)26(41-5)25(29)31/h7-10,18-19,21-26,28,36-37H,6,11-16,33H2,1-5H3/t18-,19+,21-,22-,23+,24-,25+,26-,28?,29-,30+,31-,32-/m0/s1. The molecular weight excluding hydrogens is 540 g/mol. The molecule has 10 nitrogen and oxygen atoms in total. The molecule has 1 aliphatic heterocycles. The number of esters is 1. The molecular formula is C32H46N2O8.